The van der Waals surface area contributed by atoms with Crippen LogP contribution in [0, 0.1) is 19.8 Å². The van der Waals surface area contributed by atoms with Crippen molar-refractivity contribution in [1.29, 1.82) is 0 Å². The Hall–Kier alpha value is -3.48. The van der Waals surface area contributed by atoms with Crippen molar-refractivity contribution in [2.24, 2.45) is 5.92 Å². The molecule has 0 bridgehead atoms. The highest BCUT2D eigenvalue weighted by molar-refractivity contribution is 5.91. The maximum Gasteiger partial charge on any atom is 0.246 e. The van der Waals surface area contributed by atoms with E-state index in [4.69, 9.17) is 18.4 Å². The lowest BCUT2D eigenvalue weighted by molar-refractivity contribution is -0.125. The molecule has 0 aliphatic heterocycles. The van der Waals surface area contributed by atoms with Gasteiger partial charge in [0.25, 0.3) is 0 Å². The molecule has 1 aliphatic rings. The van der Waals surface area contributed by atoms with Crippen LogP contribution in [0.5, 0.6) is 11.5 Å². The first kappa shape index (κ1) is 22.7. The van der Waals surface area contributed by atoms with Crippen LogP contribution in [0.1, 0.15) is 53.4 Å². The van der Waals surface area contributed by atoms with Gasteiger partial charge in [0, 0.05) is 19.0 Å². The number of carbonyl (C=O) groups is 1. The van der Waals surface area contributed by atoms with Gasteiger partial charge in [-0.05, 0) is 62.1 Å². The lowest BCUT2D eigenvalue weighted by Crippen LogP contribution is -2.23. The average molecular weight is 451 g/mol. The van der Waals surface area contributed by atoms with Gasteiger partial charge in [-0.25, -0.2) is 0 Å². The summed E-state index contributed by atoms with van der Waals surface area (Å²) in [5.74, 6) is 4.88. The molecule has 0 radical (unpaired) electrons. The minimum atomic E-state index is -0.106. The Labute approximate surface area is 194 Å². The van der Waals surface area contributed by atoms with Crippen molar-refractivity contribution in [3.8, 4) is 11.5 Å². The van der Waals surface area contributed by atoms with Gasteiger partial charge in [0.1, 0.15) is 23.9 Å². The lowest BCUT2D eigenvalue weighted by atomic mass is 10.1. The molecule has 2 atom stereocenters. The zero-order valence-electron chi connectivity index (χ0n) is 19.8. The van der Waals surface area contributed by atoms with Crippen LogP contribution < -0.4 is 9.47 Å². The van der Waals surface area contributed by atoms with Gasteiger partial charge < -0.3 is 23.3 Å². The molecule has 4 rings (SSSR count). The summed E-state index contributed by atoms with van der Waals surface area (Å²) >= 11 is 0. The van der Waals surface area contributed by atoms with Crippen molar-refractivity contribution in [2.75, 3.05) is 14.2 Å². The minimum absolute atomic E-state index is 0.106. The smallest absolute Gasteiger partial charge is 0.246 e. The zero-order chi connectivity index (χ0) is 23.5. The third-order valence-electron chi connectivity index (χ3n) is 6.09. The van der Waals surface area contributed by atoms with Crippen molar-refractivity contribution in [3.05, 3.63) is 70.5 Å². The van der Waals surface area contributed by atoms with Crippen molar-refractivity contribution in [3.63, 3.8) is 0 Å². The number of methoxy groups -OCH3 is 1. The number of aryl methyl sites for hydroxylation is 2. The summed E-state index contributed by atoms with van der Waals surface area (Å²) in [4.78, 5) is 14.2. The topological polar surface area (TPSA) is 77.9 Å². The summed E-state index contributed by atoms with van der Waals surface area (Å²) < 4.78 is 22.5. The first-order valence-electron chi connectivity index (χ1n) is 11.1. The number of carbonyl (C=O) groups excluding carboxylic acids is 1. The molecule has 1 saturated carbocycles. The van der Waals surface area contributed by atoms with Crippen molar-refractivity contribution in [1.82, 2.24) is 10.1 Å². The van der Waals surface area contributed by atoms with E-state index in [0.717, 1.165) is 34.1 Å². The maximum absolute atomic E-state index is 12.6. The van der Waals surface area contributed by atoms with E-state index >= 15 is 0 Å². The lowest BCUT2D eigenvalue weighted by Gasteiger charge is -2.13. The highest BCUT2D eigenvalue weighted by Crippen LogP contribution is 2.47. The largest absolute Gasteiger partial charge is 0.493 e. The molecule has 2 unspecified atom stereocenters. The fourth-order valence-electron chi connectivity index (χ4n) is 3.77. The average Bonchev–Trinajstić information content (AvgIpc) is 3.20. The summed E-state index contributed by atoms with van der Waals surface area (Å²) in [5.41, 5.74) is 2.56. The van der Waals surface area contributed by atoms with Gasteiger partial charge in [0.15, 0.2) is 11.5 Å². The summed E-state index contributed by atoms with van der Waals surface area (Å²) in [5, 5.41) is 3.94. The van der Waals surface area contributed by atoms with Crippen molar-refractivity contribution >= 4 is 12.0 Å². The number of rotatable bonds is 9. The monoisotopic (exact) mass is 450 g/mol. The van der Waals surface area contributed by atoms with Gasteiger partial charge in [0.2, 0.25) is 5.91 Å². The second-order valence-electron chi connectivity index (χ2n) is 8.65. The van der Waals surface area contributed by atoms with Gasteiger partial charge >= 0.3 is 0 Å². The summed E-state index contributed by atoms with van der Waals surface area (Å²) in [7, 11) is 3.35. The highest BCUT2D eigenvalue weighted by Gasteiger charge is 2.36. The molecule has 1 fully saturated rings. The SMILES string of the molecule is COc1cc(/C=C/C(=O)N(C)Cc2ccc(C3CC3C)o2)ccc1OCc1c(C)noc1C. The van der Waals surface area contributed by atoms with Crippen LogP contribution in [-0.2, 0) is 17.9 Å². The van der Waals surface area contributed by atoms with Gasteiger partial charge in [-0.2, -0.15) is 0 Å². The molecular weight excluding hydrogens is 420 g/mol. The summed E-state index contributed by atoms with van der Waals surface area (Å²) in [6, 6.07) is 9.53. The molecule has 0 spiro atoms. The molecule has 1 amide bonds. The summed E-state index contributed by atoms with van der Waals surface area (Å²) in [6.45, 7) is 6.73. The molecule has 0 saturated heterocycles. The predicted molar refractivity (Wildman–Crippen MR) is 124 cm³/mol. The molecule has 174 valence electrons. The number of aromatic nitrogens is 1. The van der Waals surface area contributed by atoms with E-state index in [9.17, 15) is 4.79 Å². The number of furan rings is 1. The van der Waals surface area contributed by atoms with E-state index in [2.05, 4.69) is 12.1 Å². The van der Waals surface area contributed by atoms with Crippen LogP contribution >= 0.6 is 0 Å². The molecule has 7 nitrogen and oxygen atoms in total. The fourth-order valence-corrected chi connectivity index (χ4v) is 3.77. The second kappa shape index (κ2) is 9.57. The number of likely N-dealkylation sites (N-methyl/N-ethyl adjacent to an activating group) is 1. The van der Waals surface area contributed by atoms with Crippen LogP contribution in [0.15, 0.2) is 45.3 Å². The van der Waals surface area contributed by atoms with Crippen LogP contribution in [-0.4, -0.2) is 30.1 Å². The van der Waals surface area contributed by atoms with Crippen LogP contribution in [0.25, 0.3) is 6.08 Å². The Balaban J connectivity index is 1.35. The Kier molecular flexibility index (Phi) is 6.58. The van der Waals surface area contributed by atoms with Gasteiger partial charge in [-0.15, -0.1) is 0 Å². The van der Waals surface area contributed by atoms with E-state index in [1.165, 1.54) is 6.42 Å². The van der Waals surface area contributed by atoms with Gasteiger partial charge in [-0.3, -0.25) is 4.79 Å². The molecule has 7 heteroatoms. The number of nitrogens with zero attached hydrogens (tertiary/aromatic N) is 2. The first-order valence-corrected chi connectivity index (χ1v) is 11.1. The fraction of sp³-hybridized carbons (Fsp3) is 0.385. The Bertz CT molecular complexity index is 1140. The van der Waals surface area contributed by atoms with E-state index < -0.39 is 0 Å². The third-order valence-corrected chi connectivity index (χ3v) is 6.09. The molecular formula is C26H30N2O5. The zero-order valence-corrected chi connectivity index (χ0v) is 19.8. The molecule has 2 aromatic heterocycles. The van der Waals surface area contributed by atoms with Gasteiger partial charge in [-0.1, -0.05) is 18.1 Å². The molecule has 33 heavy (non-hydrogen) atoms. The van der Waals surface area contributed by atoms with Crippen LogP contribution in [0.2, 0.25) is 0 Å². The quantitative estimate of drug-likeness (QED) is 0.414. The summed E-state index contributed by atoms with van der Waals surface area (Å²) in [6.07, 6.45) is 4.49. The van der Waals surface area contributed by atoms with E-state index in [1.54, 1.807) is 31.2 Å². The predicted octanol–water partition coefficient (Wildman–Crippen LogP) is 5.27. The third kappa shape index (κ3) is 5.30. The van der Waals surface area contributed by atoms with Crippen molar-refractivity contribution < 1.29 is 23.2 Å². The molecule has 1 aliphatic carbocycles. The maximum atomic E-state index is 12.6. The minimum Gasteiger partial charge on any atom is -0.493 e. The Morgan fingerprint density at radius 3 is 2.70 bits per heavy atom. The van der Waals surface area contributed by atoms with Gasteiger partial charge in [0.05, 0.1) is 24.9 Å². The van der Waals surface area contributed by atoms with E-state index in [0.29, 0.717) is 36.5 Å². The number of ether oxygens (including phenoxy) is 2. The second-order valence-corrected chi connectivity index (χ2v) is 8.65. The molecule has 2 heterocycles. The van der Waals surface area contributed by atoms with Crippen LogP contribution in [0.4, 0.5) is 0 Å². The van der Waals surface area contributed by atoms with E-state index in [-0.39, 0.29) is 5.91 Å². The molecule has 0 N–H and O–H groups in total. The van der Waals surface area contributed by atoms with Crippen molar-refractivity contribution in [2.45, 2.75) is 46.3 Å². The van der Waals surface area contributed by atoms with E-state index in [1.807, 2.05) is 44.2 Å². The Morgan fingerprint density at radius 1 is 1.24 bits per heavy atom. The highest BCUT2D eigenvalue weighted by atomic mass is 16.5. The normalized spacial score (nSPS) is 17.4. The number of amides is 1. The van der Waals surface area contributed by atoms with Crippen LogP contribution in [0.3, 0.4) is 0 Å². The Morgan fingerprint density at radius 2 is 2.03 bits per heavy atom. The molecule has 3 aromatic rings. The number of hydrogen-bond acceptors (Lipinski definition) is 6. The molecule has 1 aromatic carbocycles. The first-order chi connectivity index (χ1) is 15.9. The standard InChI is InChI=1S/C26H30N2O5/c1-16-12-21(16)23-10-8-20(32-23)14-28(4)26(29)11-7-19-6-9-24(25(13-19)30-5)31-15-22-17(2)27-33-18(22)3/h6-11,13,16,21H,12,14-15H2,1-5H3/b11-7+. The number of hydrogen-bond donors (Lipinski definition) is 0. The number of benzene rings is 1.